The summed E-state index contributed by atoms with van der Waals surface area (Å²) < 4.78 is 0. The minimum absolute atomic E-state index is 0.269. The van der Waals surface area contributed by atoms with Gasteiger partial charge in [-0.3, -0.25) is 0 Å². The first-order valence-electron chi connectivity index (χ1n) is 7.06. The molecule has 1 fully saturated rings. The van der Waals surface area contributed by atoms with Crippen molar-refractivity contribution < 1.29 is 0 Å². The summed E-state index contributed by atoms with van der Waals surface area (Å²) >= 11 is 6.26. The molecule has 1 aliphatic rings. The van der Waals surface area contributed by atoms with Crippen LogP contribution in [0.4, 0.5) is 5.69 Å². The molecule has 1 N–H and O–H groups in total. The molecule has 0 amide bonds. The molecule has 0 spiro atoms. The highest BCUT2D eigenvalue weighted by Gasteiger charge is 2.33. The van der Waals surface area contributed by atoms with Crippen molar-refractivity contribution in [2.24, 2.45) is 5.41 Å². The fourth-order valence-corrected chi connectivity index (χ4v) is 2.86. The molecule has 106 valence electrons. The number of halogens is 1. The van der Waals surface area contributed by atoms with E-state index in [2.05, 4.69) is 50.9 Å². The van der Waals surface area contributed by atoms with E-state index in [9.17, 15) is 0 Å². The van der Waals surface area contributed by atoms with Gasteiger partial charge in [0.1, 0.15) is 0 Å². The number of benzene rings is 1. The number of hydrogen-bond acceptors (Lipinski definition) is 2. The monoisotopic (exact) mass is 280 g/mol. The van der Waals surface area contributed by atoms with E-state index in [4.69, 9.17) is 11.6 Å². The molecule has 2 rings (SSSR count). The first-order chi connectivity index (χ1) is 8.80. The van der Waals surface area contributed by atoms with E-state index < -0.39 is 0 Å². The van der Waals surface area contributed by atoms with Crippen LogP contribution in [0.15, 0.2) is 18.2 Å². The highest BCUT2D eigenvalue weighted by molar-refractivity contribution is 6.31. The molecule has 1 aromatic rings. The first-order valence-corrected chi connectivity index (χ1v) is 7.43. The number of anilines is 1. The van der Waals surface area contributed by atoms with Crippen LogP contribution < -0.4 is 10.2 Å². The fraction of sp³-hybridized carbons (Fsp3) is 0.625. The number of nitrogens with one attached hydrogen (secondary N) is 1. The smallest absolute Gasteiger partial charge is 0.0455 e. The Bertz CT molecular complexity index is 451. The van der Waals surface area contributed by atoms with Gasteiger partial charge in [-0.2, -0.15) is 0 Å². The maximum atomic E-state index is 6.26. The Morgan fingerprint density at radius 1 is 1.32 bits per heavy atom. The molecule has 1 saturated heterocycles. The van der Waals surface area contributed by atoms with Crippen LogP contribution in [-0.2, 0) is 0 Å². The molecule has 1 heterocycles. The Balaban J connectivity index is 2.29. The van der Waals surface area contributed by atoms with Gasteiger partial charge in [0.05, 0.1) is 0 Å². The van der Waals surface area contributed by atoms with E-state index in [1.807, 2.05) is 12.1 Å². The molecule has 1 aromatic carbocycles. The molecule has 0 aliphatic carbocycles. The molecule has 0 bridgehead atoms. The van der Waals surface area contributed by atoms with Gasteiger partial charge < -0.3 is 10.2 Å². The molecule has 1 aliphatic heterocycles. The third kappa shape index (κ3) is 3.06. The van der Waals surface area contributed by atoms with E-state index in [1.165, 1.54) is 11.3 Å². The summed E-state index contributed by atoms with van der Waals surface area (Å²) in [5.74, 6) is 0. The summed E-state index contributed by atoms with van der Waals surface area (Å²) in [5.41, 5.74) is 2.73. The van der Waals surface area contributed by atoms with Crippen molar-refractivity contribution in [2.45, 2.75) is 46.7 Å². The summed E-state index contributed by atoms with van der Waals surface area (Å²) in [6.07, 6.45) is 0. The van der Waals surface area contributed by atoms with Gasteiger partial charge in [0, 0.05) is 35.9 Å². The second-order valence-corrected chi connectivity index (χ2v) is 7.12. The van der Waals surface area contributed by atoms with Crippen LogP contribution in [0.25, 0.3) is 0 Å². The number of rotatable bonds is 1. The highest BCUT2D eigenvalue weighted by Crippen LogP contribution is 2.31. The Labute approximate surface area is 122 Å². The predicted octanol–water partition coefficient (Wildman–Crippen LogP) is 3.86. The molecule has 0 aromatic heterocycles. The molecular formula is C16H25ClN2. The zero-order valence-electron chi connectivity index (χ0n) is 12.6. The molecule has 2 atom stereocenters. The van der Waals surface area contributed by atoms with E-state index in [-0.39, 0.29) is 5.41 Å². The van der Waals surface area contributed by atoms with Gasteiger partial charge >= 0.3 is 0 Å². The molecular weight excluding hydrogens is 256 g/mol. The molecule has 3 heteroatoms. The van der Waals surface area contributed by atoms with Crippen LogP contribution >= 0.6 is 11.6 Å². The van der Waals surface area contributed by atoms with Crippen molar-refractivity contribution in [3.63, 3.8) is 0 Å². The lowest BCUT2D eigenvalue weighted by molar-refractivity contribution is 0.239. The van der Waals surface area contributed by atoms with Crippen molar-refractivity contribution in [3.05, 3.63) is 28.8 Å². The minimum Gasteiger partial charge on any atom is -0.366 e. The van der Waals surface area contributed by atoms with Crippen LogP contribution in [0, 0.1) is 12.3 Å². The SMILES string of the molecule is Cc1c(Cl)cccc1N1CC(C(C)(C)C)NCC1C. The lowest BCUT2D eigenvalue weighted by Crippen LogP contribution is -2.59. The number of nitrogens with zero attached hydrogens (tertiary/aromatic N) is 1. The summed E-state index contributed by atoms with van der Waals surface area (Å²) in [4.78, 5) is 2.49. The van der Waals surface area contributed by atoms with Crippen molar-refractivity contribution in [2.75, 3.05) is 18.0 Å². The van der Waals surface area contributed by atoms with Crippen LogP contribution in [-0.4, -0.2) is 25.2 Å². The van der Waals surface area contributed by atoms with Gasteiger partial charge in [-0.15, -0.1) is 0 Å². The lowest BCUT2D eigenvalue weighted by Gasteiger charge is -2.45. The van der Waals surface area contributed by atoms with E-state index in [1.54, 1.807) is 0 Å². The Kier molecular flexibility index (Phi) is 4.12. The van der Waals surface area contributed by atoms with Gasteiger partial charge in [0.25, 0.3) is 0 Å². The van der Waals surface area contributed by atoms with Gasteiger partial charge in [0.15, 0.2) is 0 Å². The van der Waals surface area contributed by atoms with E-state index in [0.717, 1.165) is 18.1 Å². The van der Waals surface area contributed by atoms with E-state index >= 15 is 0 Å². The summed E-state index contributed by atoms with van der Waals surface area (Å²) in [7, 11) is 0. The maximum Gasteiger partial charge on any atom is 0.0455 e. The number of piperazine rings is 1. The van der Waals surface area contributed by atoms with Crippen molar-refractivity contribution in [3.8, 4) is 0 Å². The summed E-state index contributed by atoms with van der Waals surface area (Å²) in [6, 6.07) is 7.20. The molecule has 0 radical (unpaired) electrons. The van der Waals surface area contributed by atoms with Crippen LogP contribution in [0.5, 0.6) is 0 Å². The third-order valence-corrected chi connectivity index (χ3v) is 4.57. The zero-order valence-corrected chi connectivity index (χ0v) is 13.4. The molecule has 2 unspecified atom stereocenters. The fourth-order valence-electron chi connectivity index (χ4n) is 2.69. The summed E-state index contributed by atoms with van der Waals surface area (Å²) in [5, 5.41) is 4.52. The largest absolute Gasteiger partial charge is 0.366 e. The number of hydrogen-bond donors (Lipinski definition) is 1. The van der Waals surface area contributed by atoms with Gasteiger partial charge in [-0.05, 0) is 37.0 Å². The topological polar surface area (TPSA) is 15.3 Å². The average Bonchev–Trinajstić information content (AvgIpc) is 2.32. The van der Waals surface area contributed by atoms with Gasteiger partial charge in [-0.25, -0.2) is 0 Å². The third-order valence-electron chi connectivity index (χ3n) is 4.16. The van der Waals surface area contributed by atoms with E-state index in [0.29, 0.717) is 12.1 Å². The second kappa shape index (κ2) is 5.34. The lowest BCUT2D eigenvalue weighted by atomic mass is 9.84. The quantitative estimate of drug-likeness (QED) is 0.840. The molecule has 2 nitrogen and oxygen atoms in total. The molecule has 0 saturated carbocycles. The van der Waals surface area contributed by atoms with Crippen LogP contribution in [0.3, 0.4) is 0 Å². The average molecular weight is 281 g/mol. The van der Waals surface area contributed by atoms with Crippen molar-refractivity contribution in [1.29, 1.82) is 0 Å². The Hall–Kier alpha value is -0.730. The standard InChI is InChI=1S/C16H25ClN2/c1-11-9-18-15(16(3,4)5)10-19(11)14-8-6-7-13(17)12(14)2/h6-8,11,15,18H,9-10H2,1-5H3. The predicted molar refractivity (Wildman–Crippen MR) is 84.2 cm³/mol. The Morgan fingerprint density at radius 2 is 2.00 bits per heavy atom. The van der Waals surface area contributed by atoms with Crippen LogP contribution in [0.2, 0.25) is 5.02 Å². The van der Waals surface area contributed by atoms with Crippen molar-refractivity contribution >= 4 is 17.3 Å². The Morgan fingerprint density at radius 3 is 2.63 bits per heavy atom. The minimum atomic E-state index is 0.269. The second-order valence-electron chi connectivity index (χ2n) is 6.71. The summed E-state index contributed by atoms with van der Waals surface area (Å²) in [6.45, 7) is 13.3. The first kappa shape index (κ1) is 14.7. The molecule has 19 heavy (non-hydrogen) atoms. The highest BCUT2D eigenvalue weighted by atomic mass is 35.5. The van der Waals surface area contributed by atoms with Gasteiger partial charge in [-0.1, -0.05) is 38.4 Å². The zero-order chi connectivity index (χ0) is 14.2. The van der Waals surface area contributed by atoms with Crippen molar-refractivity contribution in [1.82, 2.24) is 5.32 Å². The normalized spacial score (nSPS) is 24.6. The van der Waals surface area contributed by atoms with Crippen LogP contribution in [0.1, 0.15) is 33.3 Å². The maximum absolute atomic E-state index is 6.26. The van der Waals surface area contributed by atoms with Gasteiger partial charge in [0.2, 0.25) is 0 Å².